The topological polar surface area (TPSA) is 71.3 Å². The Morgan fingerprint density at radius 2 is 1.87 bits per heavy atom. The van der Waals surface area contributed by atoms with Gasteiger partial charge in [0.1, 0.15) is 5.88 Å². The van der Waals surface area contributed by atoms with Crippen molar-refractivity contribution in [2.45, 2.75) is 26.2 Å². The number of benzene rings is 1. The van der Waals surface area contributed by atoms with Crippen molar-refractivity contribution in [3.8, 4) is 0 Å². The van der Waals surface area contributed by atoms with E-state index in [2.05, 4.69) is 31.4 Å². The van der Waals surface area contributed by atoms with Gasteiger partial charge in [0.05, 0.1) is 17.6 Å². The van der Waals surface area contributed by atoms with Gasteiger partial charge in [0.15, 0.2) is 5.76 Å². The second-order valence-electron chi connectivity index (χ2n) is 6.12. The molecule has 2 N–H and O–H groups in total. The molecule has 0 aliphatic rings. The fourth-order valence-corrected chi connectivity index (χ4v) is 2.07. The normalized spacial score (nSPS) is 11.1. The molecule has 122 valence electrons. The van der Waals surface area contributed by atoms with Gasteiger partial charge in [-0.05, 0) is 35.2 Å². The lowest BCUT2D eigenvalue weighted by Gasteiger charge is -2.21. The maximum Gasteiger partial charge on any atom is 0.291 e. The van der Waals surface area contributed by atoms with E-state index in [0.29, 0.717) is 11.4 Å². The average molecular weight is 335 g/mol. The van der Waals surface area contributed by atoms with Crippen LogP contribution in [0.4, 0.5) is 11.4 Å². The molecule has 0 radical (unpaired) electrons. The number of nitrogens with one attached hydrogen (secondary N) is 2. The van der Waals surface area contributed by atoms with Crippen molar-refractivity contribution in [1.82, 2.24) is 0 Å². The number of halogens is 1. The number of hydrogen-bond acceptors (Lipinski definition) is 3. The summed E-state index contributed by atoms with van der Waals surface area (Å²) >= 11 is 5.56. The van der Waals surface area contributed by atoms with E-state index in [1.165, 1.54) is 6.26 Å². The molecule has 0 saturated heterocycles. The molecule has 0 aliphatic carbocycles. The molecule has 2 amide bonds. The van der Waals surface area contributed by atoms with Gasteiger partial charge in [-0.1, -0.05) is 26.8 Å². The summed E-state index contributed by atoms with van der Waals surface area (Å²) in [5, 5.41) is 5.44. The van der Waals surface area contributed by atoms with Gasteiger partial charge in [-0.15, -0.1) is 11.6 Å². The molecule has 6 heteroatoms. The van der Waals surface area contributed by atoms with Crippen LogP contribution in [0.25, 0.3) is 0 Å². The van der Waals surface area contributed by atoms with E-state index in [1.807, 2.05) is 12.1 Å². The molecule has 0 aliphatic heterocycles. The lowest BCUT2D eigenvalue weighted by molar-refractivity contribution is -0.113. The zero-order chi connectivity index (χ0) is 17.0. The van der Waals surface area contributed by atoms with Crippen molar-refractivity contribution >= 4 is 34.8 Å². The molecule has 0 bridgehead atoms. The molecule has 0 saturated carbocycles. The first-order valence-corrected chi connectivity index (χ1v) is 7.70. The van der Waals surface area contributed by atoms with Crippen molar-refractivity contribution in [1.29, 1.82) is 0 Å². The Hall–Kier alpha value is -2.27. The van der Waals surface area contributed by atoms with Gasteiger partial charge in [0.25, 0.3) is 5.91 Å². The molecule has 0 fully saturated rings. The molecule has 0 spiro atoms. The van der Waals surface area contributed by atoms with Crippen LogP contribution in [-0.2, 0) is 10.2 Å². The van der Waals surface area contributed by atoms with Crippen molar-refractivity contribution < 1.29 is 14.0 Å². The van der Waals surface area contributed by atoms with E-state index in [0.717, 1.165) is 5.56 Å². The van der Waals surface area contributed by atoms with Gasteiger partial charge in [-0.25, -0.2) is 0 Å². The molecular formula is C17H19ClN2O3. The Balaban J connectivity index is 2.33. The molecule has 23 heavy (non-hydrogen) atoms. The van der Waals surface area contributed by atoms with Crippen LogP contribution in [0.1, 0.15) is 36.9 Å². The van der Waals surface area contributed by atoms with Gasteiger partial charge in [0, 0.05) is 0 Å². The van der Waals surface area contributed by atoms with Gasteiger partial charge in [-0.3, -0.25) is 9.59 Å². The fraction of sp³-hybridized carbons (Fsp3) is 0.294. The minimum absolute atomic E-state index is 0.0933. The van der Waals surface area contributed by atoms with E-state index in [9.17, 15) is 9.59 Å². The predicted molar refractivity (Wildman–Crippen MR) is 91.2 cm³/mol. The van der Waals surface area contributed by atoms with E-state index < -0.39 is 0 Å². The van der Waals surface area contributed by atoms with Crippen molar-refractivity contribution in [3.63, 3.8) is 0 Å². The summed E-state index contributed by atoms with van der Waals surface area (Å²) in [4.78, 5) is 23.8. The van der Waals surface area contributed by atoms with E-state index >= 15 is 0 Å². The van der Waals surface area contributed by atoms with Crippen molar-refractivity contribution in [2.75, 3.05) is 16.5 Å². The summed E-state index contributed by atoms with van der Waals surface area (Å²) in [6, 6.07) is 8.70. The zero-order valence-corrected chi connectivity index (χ0v) is 14.0. The van der Waals surface area contributed by atoms with E-state index in [-0.39, 0.29) is 28.9 Å². The maximum absolute atomic E-state index is 12.1. The van der Waals surface area contributed by atoms with Gasteiger partial charge >= 0.3 is 0 Å². The molecule has 1 heterocycles. The molecule has 0 unspecified atom stereocenters. The van der Waals surface area contributed by atoms with Crippen molar-refractivity contribution in [3.05, 3.63) is 47.9 Å². The first-order chi connectivity index (χ1) is 10.8. The Bertz CT molecular complexity index is 703. The number of carbonyl (C=O) groups excluding carboxylic acids is 2. The monoisotopic (exact) mass is 334 g/mol. The number of alkyl halides is 1. The van der Waals surface area contributed by atoms with Crippen molar-refractivity contribution in [2.24, 2.45) is 0 Å². The third-order valence-corrected chi connectivity index (χ3v) is 3.52. The van der Waals surface area contributed by atoms with Crippen LogP contribution in [0.15, 0.2) is 41.0 Å². The lowest BCUT2D eigenvalue weighted by Crippen LogP contribution is -2.19. The van der Waals surface area contributed by atoms with Crippen LogP contribution >= 0.6 is 11.6 Å². The Kier molecular flexibility index (Phi) is 5.11. The number of rotatable bonds is 4. The van der Waals surface area contributed by atoms with Crippen LogP contribution in [0, 0.1) is 0 Å². The smallest absolute Gasteiger partial charge is 0.291 e. The highest BCUT2D eigenvalue weighted by molar-refractivity contribution is 6.29. The molecule has 1 aromatic heterocycles. The summed E-state index contributed by atoms with van der Waals surface area (Å²) in [5.74, 6) is -0.698. The van der Waals surface area contributed by atoms with Crippen LogP contribution in [0.2, 0.25) is 0 Å². The first kappa shape index (κ1) is 17.1. The van der Waals surface area contributed by atoms with Gasteiger partial charge in [-0.2, -0.15) is 0 Å². The highest BCUT2D eigenvalue weighted by Gasteiger charge is 2.18. The third kappa shape index (κ3) is 4.36. The standard InChI is InChI=1S/C17H19ClN2O3/c1-17(2,3)11-6-7-12(13(9-11)19-15(21)10-18)20-16(22)14-5-4-8-23-14/h4-9H,10H2,1-3H3,(H,19,21)(H,20,22). The van der Waals surface area contributed by atoms with Crippen LogP contribution in [0.3, 0.4) is 0 Å². The Morgan fingerprint density at radius 3 is 2.43 bits per heavy atom. The highest BCUT2D eigenvalue weighted by atomic mass is 35.5. The highest BCUT2D eigenvalue weighted by Crippen LogP contribution is 2.30. The van der Waals surface area contributed by atoms with E-state index in [4.69, 9.17) is 16.0 Å². The van der Waals surface area contributed by atoms with Crippen LogP contribution in [-0.4, -0.2) is 17.7 Å². The average Bonchev–Trinajstić information content (AvgIpc) is 3.02. The van der Waals surface area contributed by atoms with E-state index in [1.54, 1.807) is 18.2 Å². The third-order valence-electron chi connectivity index (χ3n) is 3.27. The predicted octanol–water partition coefficient (Wildman–Crippen LogP) is 4.01. The number of anilines is 2. The number of furan rings is 1. The number of hydrogen-bond donors (Lipinski definition) is 2. The molecule has 1 aromatic carbocycles. The maximum atomic E-state index is 12.1. The lowest BCUT2D eigenvalue weighted by atomic mass is 9.86. The summed E-state index contributed by atoms with van der Waals surface area (Å²) in [6.45, 7) is 6.20. The van der Waals surface area contributed by atoms with Crippen LogP contribution < -0.4 is 10.6 Å². The number of amides is 2. The molecular weight excluding hydrogens is 316 g/mol. The summed E-state index contributed by atoms with van der Waals surface area (Å²) in [5.41, 5.74) is 1.92. The number of carbonyl (C=O) groups is 2. The molecule has 5 nitrogen and oxygen atoms in total. The van der Waals surface area contributed by atoms with Gasteiger partial charge < -0.3 is 15.1 Å². The SMILES string of the molecule is CC(C)(C)c1ccc(NC(=O)c2ccco2)c(NC(=O)CCl)c1. The summed E-state index contributed by atoms with van der Waals surface area (Å²) in [7, 11) is 0. The largest absolute Gasteiger partial charge is 0.459 e. The van der Waals surface area contributed by atoms with Crippen LogP contribution in [0.5, 0.6) is 0 Å². The fourth-order valence-electron chi connectivity index (χ4n) is 2.00. The zero-order valence-electron chi connectivity index (χ0n) is 13.3. The molecule has 0 atom stereocenters. The second kappa shape index (κ2) is 6.87. The second-order valence-corrected chi connectivity index (χ2v) is 6.39. The molecule has 2 rings (SSSR count). The first-order valence-electron chi connectivity index (χ1n) is 7.16. The molecule has 2 aromatic rings. The quantitative estimate of drug-likeness (QED) is 0.830. The summed E-state index contributed by atoms with van der Waals surface area (Å²) < 4.78 is 5.07. The minimum atomic E-state index is -0.389. The minimum Gasteiger partial charge on any atom is -0.459 e. The van der Waals surface area contributed by atoms with Gasteiger partial charge in [0.2, 0.25) is 5.91 Å². The Labute approximate surface area is 140 Å². The Morgan fingerprint density at radius 1 is 1.13 bits per heavy atom. The summed E-state index contributed by atoms with van der Waals surface area (Å²) in [6.07, 6.45) is 1.42.